The van der Waals surface area contributed by atoms with E-state index in [9.17, 15) is 9.90 Å². The van der Waals surface area contributed by atoms with Gasteiger partial charge in [-0.25, -0.2) is 4.98 Å². The first-order valence-corrected chi connectivity index (χ1v) is 10.6. The summed E-state index contributed by atoms with van der Waals surface area (Å²) in [6.07, 6.45) is 3.35. The Bertz CT molecular complexity index is 1080. The summed E-state index contributed by atoms with van der Waals surface area (Å²) in [5, 5.41) is 11.4. The fraction of sp³-hybridized carbons (Fsp3) is 0.304. The molecule has 0 spiro atoms. The Morgan fingerprint density at radius 1 is 1.18 bits per heavy atom. The number of benzene rings is 2. The maximum absolute atomic E-state index is 13.0. The van der Waals surface area contributed by atoms with Gasteiger partial charge < -0.3 is 9.84 Å². The van der Waals surface area contributed by atoms with E-state index < -0.39 is 0 Å². The van der Waals surface area contributed by atoms with Crippen molar-refractivity contribution in [1.82, 2.24) is 4.98 Å². The molecule has 0 saturated heterocycles. The largest absolute Gasteiger partial charge is 0.511 e. The SMILES string of the molecule is CCc1ccc(Oc2nc3ccccc3s2)cc1C1=C(O)[C@H]2CC[C@H](C2)C1=O. The highest BCUT2D eigenvalue weighted by molar-refractivity contribution is 7.20. The normalized spacial score (nSPS) is 21.5. The van der Waals surface area contributed by atoms with E-state index in [-0.39, 0.29) is 23.4 Å². The first-order chi connectivity index (χ1) is 13.6. The summed E-state index contributed by atoms with van der Waals surface area (Å²) in [4.78, 5) is 17.5. The van der Waals surface area contributed by atoms with Crippen LogP contribution in [0.3, 0.4) is 0 Å². The van der Waals surface area contributed by atoms with Gasteiger partial charge in [-0.1, -0.05) is 36.5 Å². The van der Waals surface area contributed by atoms with Crippen LogP contribution in [0.2, 0.25) is 0 Å². The molecule has 5 rings (SSSR count). The zero-order chi connectivity index (χ0) is 19.3. The average molecular weight is 391 g/mol. The molecule has 1 heterocycles. The average Bonchev–Trinajstić information content (AvgIpc) is 3.32. The maximum atomic E-state index is 13.0. The number of ether oxygens (including phenoxy) is 1. The van der Waals surface area contributed by atoms with E-state index in [1.54, 1.807) is 0 Å². The summed E-state index contributed by atoms with van der Waals surface area (Å²) in [5.41, 5.74) is 3.27. The molecule has 0 amide bonds. The van der Waals surface area contributed by atoms with Crippen LogP contribution in [0, 0.1) is 11.8 Å². The van der Waals surface area contributed by atoms with Crippen molar-refractivity contribution < 1.29 is 14.6 Å². The Kier molecular flexibility index (Phi) is 4.20. The molecule has 1 saturated carbocycles. The molecule has 4 nitrogen and oxygen atoms in total. The lowest BCUT2D eigenvalue weighted by Gasteiger charge is -2.23. The number of nitrogens with zero attached hydrogens (tertiary/aromatic N) is 1. The van der Waals surface area contributed by atoms with E-state index in [2.05, 4.69) is 11.9 Å². The number of carbonyl (C=O) groups excluding carboxylic acids is 1. The van der Waals surface area contributed by atoms with Crippen molar-refractivity contribution in [3.8, 4) is 10.9 Å². The van der Waals surface area contributed by atoms with Gasteiger partial charge in [0.2, 0.25) is 0 Å². The molecule has 2 atom stereocenters. The second-order valence-corrected chi connectivity index (χ2v) is 8.55. The van der Waals surface area contributed by atoms with Crippen LogP contribution in [0.1, 0.15) is 37.3 Å². The fourth-order valence-electron chi connectivity index (χ4n) is 4.43. The first-order valence-electron chi connectivity index (χ1n) is 9.78. The van der Waals surface area contributed by atoms with Crippen molar-refractivity contribution in [3.05, 3.63) is 59.4 Å². The molecular formula is C23H21NO3S. The first kappa shape index (κ1) is 17.4. The molecule has 2 aliphatic carbocycles. The van der Waals surface area contributed by atoms with E-state index in [4.69, 9.17) is 4.74 Å². The minimum atomic E-state index is 0.0504. The number of aryl methyl sites for hydroxylation is 1. The third kappa shape index (κ3) is 2.81. The van der Waals surface area contributed by atoms with Crippen LogP contribution in [-0.4, -0.2) is 15.9 Å². The van der Waals surface area contributed by atoms with E-state index in [1.807, 2.05) is 42.5 Å². The van der Waals surface area contributed by atoms with Crippen LogP contribution in [0.15, 0.2) is 48.2 Å². The number of thiazole rings is 1. The van der Waals surface area contributed by atoms with Gasteiger partial charge >= 0.3 is 0 Å². The van der Waals surface area contributed by atoms with Crippen molar-refractivity contribution >= 4 is 32.9 Å². The second-order valence-electron chi connectivity index (χ2n) is 7.55. The number of Topliss-reactive ketones (excluding diaryl/α,β-unsaturated/α-hetero) is 1. The van der Waals surface area contributed by atoms with Crippen LogP contribution >= 0.6 is 11.3 Å². The minimum absolute atomic E-state index is 0.0504. The number of carbonyl (C=O) groups is 1. The number of aliphatic hydroxyl groups is 1. The standard InChI is InChI=1S/C23H21NO3S/c1-2-13-9-10-16(27-23-24-18-5-3-4-6-19(18)28-23)12-17(13)20-21(25)14-7-8-15(11-14)22(20)26/h3-6,9-10,12,14-15,25H,2,7-8,11H2,1H3/t14-,15+/m0/s1. The highest BCUT2D eigenvalue weighted by Gasteiger charge is 2.41. The van der Waals surface area contributed by atoms with Crippen molar-refractivity contribution in [2.24, 2.45) is 11.8 Å². The van der Waals surface area contributed by atoms with Crippen LogP contribution in [-0.2, 0) is 11.2 Å². The summed E-state index contributed by atoms with van der Waals surface area (Å²) in [6.45, 7) is 2.06. The molecule has 1 N–H and O–H groups in total. The van der Waals surface area contributed by atoms with E-state index in [0.29, 0.717) is 16.5 Å². The van der Waals surface area contributed by atoms with Gasteiger partial charge in [-0.2, -0.15) is 0 Å². The molecule has 1 fully saturated rings. The number of fused-ring (bicyclic) bond motifs is 3. The van der Waals surface area contributed by atoms with Crippen molar-refractivity contribution in [2.75, 3.05) is 0 Å². The molecular weight excluding hydrogens is 370 g/mol. The zero-order valence-electron chi connectivity index (χ0n) is 15.6. The number of aromatic nitrogens is 1. The zero-order valence-corrected chi connectivity index (χ0v) is 16.5. The van der Waals surface area contributed by atoms with Gasteiger partial charge in [-0.15, -0.1) is 0 Å². The number of hydrogen-bond donors (Lipinski definition) is 1. The minimum Gasteiger partial charge on any atom is -0.511 e. The Hall–Kier alpha value is -2.66. The van der Waals surface area contributed by atoms with Gasteiger partial charge in [0.05, 0.1) is 15.8 Å². The van der Waals surface area contributed by atoms with Crippen LogP contribution in [0.4, 0.5) is 0 Å². The molecule has 2 bridgehead atoms. The van der Waals surface area contributed by atoms with Crippen molar-refractivity contribution in [2.45, 2.75) is 32.6 Å². The Labute approximate surface area is 167 Å². The quantitative estimate of drug-likeness (QED) is 0.600. The molecule has 0 radical (unpaired) electrons. The van der Waals surface area contributed by atoms with E-state index in [0.717, 1.165) is 47.0 Å². The predicted molar refractivity (Wildman–Crippen MR) is 111 cm³/mol. The molecule has 5 heteroatoms. The molecule has 2 aliphatic rings. The molecule has 0 aliphatic heterocycles. The topological polar surface area (TPSA) is 59.4 Å². The van der Waals surface area contributed by atoms with Gasteiger partial charge in [0.25, 0.3) is 5.19 Å². The highest BCUT2D eigenvalue weighted by atomic mass is 32.1. The maximum Gasteiger partial charge on any atom is 0.279 e. The number of allylic oxidation sites excluding steroid dienone is 2. The smallest absolute Gasteiger partial charge is 0.279 e. The third-order valence-electron chi connectivity index (χ3n) is 5.90. The second kappa shape index (κ2) is 6.74. The lowest BCUT2D eigenvalue weighted by molar-refractivity contribution is -0.117. The van der Waals surface area contributed by atoms with Gasteiger partial charge in [0.15, 0.2) is 5.78 Å². The number of rotatable bonds is 4. The van der Waals surface area contributed by atoms with E-state index in [1.165, 1.54) is 11.3 Å². The number of para-hydroxylation sites is 1. The van der Waals surface area contributed by atoms with Crippen LogP contribution < -0.4 is 4.74 Å². The van der Waals surface area contributed by atoms with Gasteiger partial charge in [0, 0.05) is 11.8 Å². The molecule has 142 valence electrons. The summed E-state index contributed by atoms with van der Waals surface area (Å²) < 4.78 is 7.10. The Balaban J connectivity index is 1.55. The third-order valence-corrected chi connectivity index (χ3v) is 6.82. The summed E-state index contributed by atoms with van der Waals surface area (Å²) >= 11 is 1.49. The van der Waals surface area contributed by atoms with E-state index >= 15 is 0 Å². The number of aliphatic hydroxyl groups excluding tert-OH is 1. The van der Waals surface area contributed by atoms with Crippen LogP contribution in [0.25, 0.3) is 15.8 Å². The number of hydrogen-bond acceptors (Lipinski definition) is 5. The summed E-state index contributed by atoms with van der Waals surface area (Å²) in [6, 6.07) is 13.7. The summed E-state index contributed by atoms with van der Waals surface area (Å²) in [5.74, 6) is 1.16. The molecule has 2 aromatic carbocycles. The molecule has 0 unspecified atom stereocenters. The lowest BCUT2D eigenvalue weighted by Crippen LogP contribution is -2.21. The highest BCUT2D eigenvalue weighted by Crippen LogP contribution is 2.46. The van der Waals surface area contributed by atoms with Crippen molar-refractivity contribution in [3.63, 3.8) is 0 Å². The molecule has 28 heavy (non-hydrogen) atoms. The monoisotopic (exact) mass is 391 g/mol. The van der Waals surface area contributed by atoms with Gasteiger partial charge in [0.1, 0.15) is 11.5 Å². The fourth-order valence-corrected chi connectivity index (χ4v) is 5.26. The van der Waals surface area contributed by atoms with Crippen LogP contribution in [0.5, 0.6) is 10.9 Å². The lowest BCUT2D eigenvalue weighted by atomic mass is 9.81. The Morgan fingerprint density at radius 2 is 2.00 bits per heavy atom. The molecule has 1 aromatic heterocycles. The Morgan fingerprint density at radius 3 is 2.82 bits per heavy atom. The molecule has 3 aromatic rings. The number of ketones is 1. The predicted octanol–water partition coefficient (Wildman–Crippen LogP) is 5.92. The summed E-state index contributed by atoms with van der Waals surface area (Å²) in [7, 11) is 0. The van der Waals surface area contributed by atoms with Crippen molar-refractivity contribution in [1.29, 1.82) is 0 Å². The van der Waals surface area contributed by atoms with Gasteiger partial charge in [-0.05, 0) is 61.1 Å². The van der Waals surface area contributed by atoms with Gasteiger partial charge in [-0.3, -0.25) is 4.79 Å².